The molecule has 0 aromatic carbocycles. The average Bonchev–Trinajstić information content (AvgIpc) is 2.88. The smallest absolute Gasteiger partial charge is 0.0946 e. The van der Waals surface area contributed by atoms with Gasteiger partial charge in [-0.1, -0.05) is 20.8 Å². The Morgan fingerprint density at radius 1 is 1.42 bits per heavy atom. The summed E-state index contributed by atoms with van der Waals surface area (Å²) in [6.45, 7) is 11.4. The van der Waals surface area contributed by atoms with Crippen LogP contribution in [-0.4, -0.2) is 46.2 Å². The highest BCUT2D eigenvalue weighted by atomic mass is 15.2. The molecule has 0 spiro atoms. The van der Waals surface area contributed by atoms with Gasteiger partial charge in [0.15, 0.2) is 0 Å². The van der Waals surface area contributed by atoms with Crippen molar-refractivity contribution in [1.82, 2.24) is 19.8 Å². The van der Waals surface area contributed by atoms with Gasteiger partial charge in [-0.25, -0.2) is 4.98 Å². The summed E-state index contributed by atoms with van der Waals surface area (Å²) >= 11 is 0. The molecule has 1 saturated heterocycles. The van der Waals surface area contributed by atoms with Crippen LogP contribution in [0.1, 0.15) is 34.1 Å². The van der Waals surface area contributed by atoms with Crippen molar-refractivity contribution in [2.75, 3.05) is 13.6 Å². The van der Waals surface area contributed by atoms with Crippen LogP contribution in [0.3, 0.4) is 0 Å². The highest BCUT2D eigenvalue weighted by Crippen LogP contribution is 2.24. The minimum atomic E-state index is 0.245. The quantitative estimate of drug-likeness (QED) is 0.903. The Balaban J connectivity index is 1.99. The minimum absolute atomic E-state index is 0.245. The van der Waals surface area contributed by atoms with Crippen LogP contribution in [0.4, 0.5) is 0 Å². The number of nitrogens with one attached hydrogen (secondary N) is 1. The third-order valence-corrected chi connectivity index (χ3v) is 4.32. The molecule has 2 rings (SSSR count). The summed E-state index contributed by atoms with van der Waals surface area (Å²) in [5.74, 6) is 0. The van der Waals surface area contributed by atoms with Gasteiger partial charge in [-0.05, 0) is 25.8 Å². The summed E-state index contributed by atoms with van der Waals surface area (Å²) in [5.41, 5.74) is 0.245. The first-order valence-electron chi connectivity index (χ1n) is 7.28. The summed E-state index contributed by atoms with van der Waals surface area (Å²) < 4.78 is 2.17. The van der Waals surface area contributed by atoms with E-state index in [1.807, 2.05) is 18.7 Å². The zero-order valence-electron chi connectivity index (χ0n) is 12.9. The van der Waals surface area contributed by atoms with Crippen LogP contribution in [0.15, 0.2) is 18.7 Å². The van der Waals surface area contributed by atoms with Gasteiger partial charge >= 0.3 is 0 Å². The summed E-state index contributed by atoms with van der Waals surface area (Å²) in [6.07, 6.45) is 7.05. The van der Waals surface area contributed by atoms with Crippen molar-refractivity contribution >= 4 is 0 Å². The van der Waals surface area contributed by atoms with E-state index < -0.39 is 0 Å². The molecule has 4 heteroatoms. The Hall–Kier alpha value is -0.870. The van der Waals surface area contributed by atoms with Crippen LogP contribution < -0.4 is 5.32 Å². The molecule has 0 bridgehead atoms. The third-order valence-electron chi connectivity index (χ3n) is 4.32. The van der Waals surface area contributed by atoms with Crippen LogP contribution in [0.5, 0.6) is 0 Å². The molecule has 1 aliphatic heterocycles. The van der Waals surface area contributed by atoms with E-state index in [9.17, 15) is 0 Å². The van der Waals surface area contributed by atoms with Crippen LogP contribution in [-0.2, 0) is 6.54 Å². The fraction of sp³-hybridized carbons (Fsp3) is 0.800. The maximum absolute atomic E-state index is 4.14. The summed E-state index contributed by atoms with van der Waals surface area (Å²) in [5, 5.41) is 3.86. The standard InChI is InChI=1S/C15H28N4/c1-12-8-13(9-18(12)5)17-14(15(2,3)4)10-19-7-6-16-11-19/h6-7,11-14,17H,8-10H2,1-5H3. The molecule has 3 unspecified atom stereocenters. The Morgan fingerprint density at radius 2 is 2.16 bits per heavy atom. The van der Waals surface area contributed by atoms with Gasteiger partial charge < -0.3 is 14.8 Å². The van der Waals surface area contributed by atoms with E-state index in [1.54, 1.807) is 0 Å². The second-order valence-electron chi connectivity index (χ2n) is 7.07. The van der Waals surface area contributed by atoms with Crippen molar-refractivity contribution < 1.29 is 0 Å². The zero-order valence-corrected chi connectivity index (χ0v) is 12.9. The molecule has 3 atom stereocenters. The number of imidazole rings is 1. The molecule has 1 fully saturated rings. The van der Waals surface area contributed by atoms with E-state index in [0.29, 0.717) is 18.1 Å². The number of hydrogen-bond acceptors (Lipinski definition) is 3. The zero-order chi connectivity index (χ0) is 14.0. The molecule has 0 amide bonds. The predicted molar refractivity (Wildman–Crippen MR) is 79.1 cm³/mol. The van der Waals surface area contributed by atoms with Gasteiger partial charge in [0.25, 0.3) is 0 Å². The van der Waals surface area contributed by atoms with E-state index in [2.05, 4.69) is 54.5 Å². The van der Waals surface area contributed by atoms with Gasteiger partial charge in [-0.2, -0.15) is 0 Å². The number of likely N-dealkylation sites (tertiary alicyclic amines) is 1. The Bertz CT molecular complexity index is 369. The Kier molecular flexibility index (Phi) is 4.31. The van der Waals surface area contributed by atoms with Crippen LogP contribution >= 0.6 is 0 Å². The molecule has 4 nitrogen and oxygen atoms in total. The van der Waals surface area contributed by atoms with Crippen molar-refractivity contribution in [3.8, 4) is 0 Å². The third kappa shape index (κ3) is 3.80. The summed E-state index contributed by atoms with van der Waals surface area (Å²) in [7, 11) is 2.22. The molecule has 0 saturated carbocycles. The fourth-order valence-corrected chi connectivity index (χ4v) is 2.78. The van der Waals surface area contributed by atoms with Gasteiger partial charge in [-0.3, -0.25) is 0 Å². The second kappa shape index (κ2) is 5.63. The molecule has 1 aromatic rings. The first-order chi connectivity index (χ1) is 8.86. The first-order valence-corrected chi connectivity index (χ1v) is 7.28. The number of aromatic nitrogens is 2. The van der Waals surface area contributed by atoms with Crippen LogP contribution in [0, 0.1) is 5.41 Å². The number of rotatable bonds is 4. The van der Waals surface area contributed by atoms with E-state index in [0.717, 1.165) is 13.1 Å². The minimum Gasteiger partial charge on any atom is -0.336 e. The Morgan fingerprint density at radius 3 is 2.63 bits per heavy atom. The molecule has 0 radical (unpaired) electrons. The van der Waals surface area contributed by atoms with E-state index in [-0.39, 0.29) is 5.41 Å². The molecule has 19 heavy (non-hydrogen) atoms. The normalized spacial score (nSPS) is 26.8. The topological polar surface area (TPSA) is 33.1 Å². The van der Waals surface area contributed by atoms with Gasteiger partial charge in [0, 0.05) is 43.6 Å². The lowest BCUT2D eigenvalue weighted by Gasteiger charge is -2.34. The van der Waals surface area contributed by atoms with Crippen LogP contribution in [0.25, 0.3) is 0 Å². The lowest BCUT2D eigenvalue weighted by molar-refractivity contribution is 0.221. The molecule has 108 valence electrons. The SMILES string of the molecule is CC1CC(NC(Cn2ccnc2)C(C)(C)C)CN1C. The molecule has 0 aliphatic carbocycles. The molecule has 2 heterocycles. The maximum Gasteiger partial charge on any atom is 0.0946 e. The molecular weight excluding hydrogens is 236 g/mol. The van der Waals surface area contributed by atoms with Gasteiger partial charge in [0.2, 0.25) is 0 Å². The summed E-state index contributed by atoms with van der Waals surface area (Å²) in [6, 6.07) is 1.75. The van der Waals surface area contributed by atoms with Crippen molar-refractivity contribution in [2.24, 2.45) is 5.41 Å². The highest BCUT2D eigenvalue weighted by molar-refractivity contribution is 4.91. The van der Waals surface area contributed by atoms with Crippen LogP contribution in [0.2, 0.25) is 0 Å². The van der Waals surface area contributed by atoms with Crippen molar-refractivity contribution in [3.05, 3.63) is 18.7 Å². The van der Waals surface area contributed by atoms with E-state index >= 15 is 0 Å². The fourth-order valence-electron chi connectivity index (χ4n) is 2.78. The number of likely N-dealkylation sites (N-methyl/N-ethyl adjacent to an activating group) is 1. The maximum atomic E-state index is 4.14. The Labute approximate surface area is 117 Å². The molecule has 1 aliphatic rings. The highest BCUT2D eigenvalue weighted by Gasteiger charge is 2.32. The van der Waals surface area contributed by atoms with Gasteiger partial charge in [0.1, 0.15) is 0 Å². The number of nitrogens with zero attached hydrogens (tertiary/aromatic N) is 3. The van der Waals surface area contributed by atoms with Crippen molar-refractivity contribution in [2.45, 2.75) is 58.8 Å². The van der Waals surface area contributed by atoms with Crippen molar-refractivity contribution in [3.63, 3.8) is 0 Å². The lowest BCUT2D eigenvalue weighted by atomic mass is 9.86. The molecular formula is C15H28N4. The predicted octanol–water partition coefficient (Wildman–Crippen LogP) is 1.98. The van der Waals surface area contributed by atoms with E-state index in [1.165, 1.54) is 6.42 Å². The van der Waals surface area contributed by atoms with Gasteiger partial charge in [-0.15, -0.1) is 0 Å². The molecule has 1 aromatic heterocycles. The van der Waals surface area contributed by atoms with Crippen molar-refractivity contribution in [1.29, 1.82) is 0 Å². The monoisotopic (exact) mass is 264 g/mol. The summed E-state index contributed by atoms with van der Waals surface area (Å²) in [4.78, 5) is 6.58. The molecule has 1 N–H and O–H groups in total. The van der Waals surface area contributed by atoms with E-state index in [4.69, 9.17) is 0 Å². The first kappa shape index (κ1) is 14.5. The lowest BCUT2D eigenvalue weighted by Crippen LogP contribution is -2.48. The average molecular weight is 264 g/mol. The largest absolute Gasteiger partial charge is 0.336 e. The second-order valence-corrected chi connectivity index (χ2v) is 7.07. The van der Waals surface area contributed by atoms with Gasteiger partial charge in [0.05, 0.1) is 6.33 Å². The number of hydrogen-bond donors (Lipinski definition) is 1.